The molecular weight excluding hydrogens is 564 g/mol. The number of hydrogen-bond donors (Lipinski definition) is 2. The third-order valence-electron chi connectivity index (χ3n) is 8.58. The Balaban J connectivity index is 1.47. The zero-order valence-corrected chi connectivity index (χ0v) is 26.0. The SMILES string of the molecule is COc1ccc(C(=O)Cc2cc3c(OC)cc(OC4OC(C)(C)[C@H](C)[C@H](O)[C@@H]4O)c(C)c3oc2=O)cc1-c1cccc(C)c1. The van der Waals surface area contributed by atoms with Crippen molar-refractivity contribution in [1.82, 2.24) is 0 Å². The van der Waals surface area contributed by atoms with Crippen molar-refractivity contribution in [2.75, 3.05) is 14.2 Å². The Morgan fingerprint density at radius 3 is 2.34 bits per heavy atom. The van der Waals surface area contributed by atoms with E-state index in [-0.39, 0.29) is 35.0 Å². The number of carbonyl (C=O) groups is 1. The lowest BCUT2D eigenvalue weighted by Gasteiger charge is -2.46. The first-order valence-corrected chi connectivity index (χ1v) is 14.5. The Bertz CT molecular complexity index is 1770. The van der Waals surface area contributed by atoms with Crippen LogP contribution in [0.2, 0.25) is 0 Å². The molecule has 2 N–H and O–H groups in total. The molecular formula is C35H38O9. The number of methoxy groups -OCH3 is 2. The van der Waals surface area contributed by atoms with Crippen LogP contribution in [-0.4, -0.2) is 54.3 Å². The Hall–Kier alpha value is -4.18. The van der Waals surface area contributed by atoms with Gasteiger partial charge in [-0.25, -0.2) is 4.79 Å². The largest absolute Gasteiger partial charge is 0.496 e. The summed E-state index contributed by atoms with van der Waals surface area (Å²) in [5.41, 5.74) is 2.61. The molecule has 0 bridgehead atoms. The molecule has 1 aromatic heterocycles. The van der Waals surface area contributed by atoms with E-state index in [0.29, 0.717) is 28.0 Å². The van der Waals surface area contributed by atoms with Gasteiger partial charge in [0.25, 0.3) is 0 Å². The number of ether oxygens (including phenoxy) is 4. The fourth-order valence-corrected chi connectivity index (χ4v) is 5.56. The van der Waals surface area contributed by atoms with Gasteiger partial charge in [0.05, 0.1) is 31.3 Å². The van der Waals surface area contributed by atoms with Gasteiger partial charge < -0.3 is 33.6 Å². The van der Waals surface area contributed by atoms with Gasteiger partial charge in [0.15, 0.2) is 5.78 Å². The summed E-state index contributed by atoms with van der Waals surface area (Å²) in [7, 11) is 3.05. The van der Waals surface area contributed by atoms with Gasteiger partial charge in [-0.15, -0.1) is 0 Å². The monoisotopic (exact) mass is 602 g/mol. The van der Waals surface area contributed by atoms with Crippen LogP contribution in [0.4, 0.5) is 0 Å². The van der Waals surface area contributed by atoms with Gasteiger partial charge in [0, 0.05) is 40.7 Å². The van der Waals surface area contributed by atoms with Gasteiger partial charge in [-0.05, 0) is 57.5 Å². The second kappa shape index (κ2) is 12.1. The lowest BCUT2D eigenvalue weighted by Crippen LogP contribution is -2.59. The van der Waals surface area contributed by atoms with Crippen molar-refractivity contribution < 1.29 is 38.4 Å². The maximum absolute atomic E-state index is 13.5. The first-order chi connectivity index (χ1) is 20.8. The highest BCUT2D eigenvalue weighted by Gasteiger charge is 2.48. The predicted molar refractivity (Wildman–Crippen MR) is 166 cm³/mol. The van der Waals surface area contributed by atoms with Crippen LogP contribution in [-0.2, 0) is 11.2 Å². The molecule has 0 spiro atoms. The zero-order valence-electron chi connectivity index (χ0n) is 26.0. The van der Waals surface area contributed by atoms with Gasteiger partial charge >= 0.3 is 5.63 Å². The Kier molecular flexibility index (Phi) is 8.57. The smallest absolute Gasteiger partial charge is 0.339 e. The number of carbonyl (C=O) groups excluding carboxylic acids is 1. The Morgan fingerprint density at radius 1 is 0.932 bits per heavy atom. The average Bonchev–Trinajstić information content (AvgIpc) is 3.00. The molecule has 9 heteroatoms. The normalized spacial score (nSPS) is 21.2. The van der Waals surface area contributed by atoms with Gasteiger partial charge in [-0.2, -0.15) is 0 Å². The third kappa shape index (κ3) is 5.83. The number of benzene rings is 3. The Labute approximate surface area is 256 Å². The van der Waals surface area contributed by atoms with Crippen molar-refractivity contribution in [3.63, 3.8) is 0 Å². The van der Waals surface area contributed by atoms with Crippen molar-refractivity contribution in [3.8, 4) is 28.4 Å². The molecule has 2 heterocycles. The van der Waals surface area contributed by atoms with E-state index in [2.05, 4.69) is 0 Å². The van der Waals surface area contributed by atoms with Gasteiger partial charge in [0.1, 0.15) is 28.9 Å². The number of rotatable bonds is 8. The van der Waals surface area contributed by atoms with E-state index >= 15 is 0 Å². The molecule has 1 unspecified atom stereocenters. The maximum atomic E-state index is 13.5. The second-order valence-electron chi connectivity index (χ2n) is 11.9. The Morgan fingerprint density at radius 2 is 1.66 bits per heavy atom. The molecule has 1 aliphatic rings. The van der Waals surface area contributed by atoms with Crippen molar-refractivity contribution in [2.45, 2.75) is 65.1 Å². The quantitative estimate of drug-likeness (QED) is 0.202. The number of aliphatic hydroxyl groups is 2. The summed E-state index contributed by atoms with van der Waals surface area (Å²) in [6.07, 6.45) is -3.73. The molecule has 1 aliphatic heterocycles. The highest BCUT2D eigenvalue weighted by molar-refractivity contribution is 5.99. The third-order valence-corrected chi connectivity index (χ3v) is 8.58. The summed E-state index contributed by atoms with van der Waals surface area (Å²) in [6, 6.07) is 16.3. The fourth-order valence-electron chi connectivity index (χ4n) is 5.56. The molecule has 9 nitrogen and oxygen atoms in total. The summed E-state index contributed by atoms with van der Waals surface area (Å²) in [5.74, 6) is 0.625. The van der Waals surface area contributed by atoms with E-state index in [1.54, 1.807) is 51.3 Å². The second-order valence-corrected chi connectivity index (χ2v) is 11.9. The molecule has 0 radical (unpaired) electrons. The van der Waals surface area contributed by atoms with Crippen molar-refractivity contribution in [3.05, 3.63) is 87.3 Å². The molecule has 5 rings (SSSR count). The molecule has 232 valence electrons. The van der Waals surface area contributed by atoms with E-state index in [4.69, 9.17) is 23.4 Å². The highest BCUT2D eigenvalue weighted by Crippen LogP contribution is 2.39. The van der Waals surface area contributed by atoms with Crippen LogP contribution in [0.25, 0.3) is 22.1 Å². The summed E-state index contributed by atoms with van der Waals surface area (Å²) in [5, 5.41) is 21.7. The summed E-state index contributed by atoms with van der Waals surface area (Å²) >= 11 is 0. The lowest BCUT2D eigenvalue weighted by molar-refractivity contribution is -0.285. The van der Waals surface area contributed by atoms with Crippen LogP contribution in [0.5, 0.6) is 17.2 Å². The molecule has 1 fully saturated rings. The number of aryl methyl sites for hydroxylation is 2. The molecule has 0 aliphatic carbocycles. The van der Waals surface area contributed by atoms with Gasteiger partial charge in [-0.1, -0.05) is 36.8 Å². The fraction of sp³-hybridized carbons (Fsp3) is 0.371. The molecule has 44 heavy (non-hydrogen) atoms. The van der Waals surface area contributed by atoms with Gasteiger partial charge in [-0.3, -0.25) is 4.79 Å². The molecule has 3 aromatic carbocycles. The topological polar surface area (TPSA) is 125 Å². The van der Waals surface area contributed by atoms with Gasteiger partial charge in [0.2, 0.25) is 6.29 Å². The standard InChI is InChI=1S/C35H38O9/c1-18-9-8-10-21(13-18)24-14-22(11-12-27(24)40-6)26(36)16-23-15-25-29(41-7)17-28(19(2)32(25)43-33(23)39)42-34-31(38)30(37)20(3)35(4,5)44-34/h8-15,17,20,30-31,34,37-38H,16H2,1-7H3/t20-,30+,31+,34?/m1/s1. The van der Waals surface area contributed by atoms with E-state index < -0.39 is 29.7 Å². The predicted octanol–water partition coefficient (Wildman–Crippen LogP) is 5.39. The number of ketones is 1. The molecule has 1 saturated heterocycles. The van der Waals surface area contributed by atoms with Crippen molar-refractivity contribution in [2.24, 2.45) is 5.92 Å². The first-order valence-electron chi connectivity index (χ1n) is 14.5. The van der Waals surface area contributed by atoms with E-state index in [1.807, 2.05) is 45.0 Å². The molecule has 0 amide bonds. The number of hydrogen-bond acceptors (Lipinski definition) is 9. The summed E-state index contributed by atoms with van der Waals surface area (Å²) < 4.78 is 28.9. The molecule has 4 atom stereocenters. The first kappa shape index (κ1) is 31.3. The molecule has 4 aromatic rings. The van der Waals surface area contributed by atoms with Crippen LogP contribution < -0.4 is 19.8 Å². The van der Waals surface area contributed by atoms with E-state index in [9.17, 15) is 19.8 Å². The molecule has 0 saturated carbocycles. The van der Waals surface area contributed by atoms with E-state index in [1.165, 1.54) is 7.11 Å². The van der Waals surface area contributed by atoms with Crippen molar-refractivity contribution >= 4 is 16.8 Å². The number of Topliss-reactive ketones (excluding diaryl/α,β-unsaturated/α-hetero) is 1. The minimum atomic E-state index is -1.30. The highest BCUT2D eigenvalue weighted by atomic mass is 16.7. The van der Waals surface area contributed by atoms with Crippen LogP contribution in [0, 0.1) is 19.8 Å². The van der Waals surface area contributed by atoms with Crippen LogP contribution in [0.1, 0.15) is 47.8 Å². The van der Waals surface area contributed by atoms with Crippen LogP contribution >= 0.6 is 0 Å². The van der Waals surface area contributed by atoms with Crippen LogP contribution in [0.15, 0.2) is 63.8 Å². The minimum Gasteiger partial charge on any atom is -0.496 e. The average molecular weight is 603 g/mol. The zero-order chi connectivity index (χ0) is 31.9. The van der Waals surface area contributed by atoms with Crippen molar-refractivity contribution in [1.29, 1.82) is 0 Å². The lowest BCUT2D eigenvalue weighted by atomic mass is 9.82. The van der Waals surface area contributed by atoms with E-state index in [0.717, 1.165) is 16.7 Å². The summed E-state index contributed by atoms with van der Waals surface area (Å²) in [6.45, 7) is 9.12. The van der Waals surface area contributed by atoms with Crippen LogP contribution in [0.3, 0.4) is 0 Å². The minimum absolute atomic E-state index is 0.173. The number of aliphatic hydroxyl groups excluding tert-OH is 2. The number of fused-ring (bicyclic) bond motifs is 1. The summed E-state index contributed by atoms with van der Waals surface area (Å²) in [4.78, 5) is 26.6. The maximum Gasteiger partial charge on any atom is 0.339 e.